The average Bonchev–Trinajstić information content (AvgIpc) is 3.07. The molecule has 4 nitrogen and oxygen atoms in total. The lowest BCUT2D eigenvalue weighted by molar-refractivity contribution is 0.251. The third-order valence-electron chi connectivity index (χ3n) is 2.69. The van der Waals surface area contributed by atoms with Crippen molar-refractivity contribution in [3.8, 4) is 0 Å². The smallest absolute Gasteiger partial charge is 0.284 e. The molecule has 0 aliphatic heterocycles. The number of hydrogen-bond acceptors (Lipinski definition) is 4. The first-order valence-electron chi connectivity index (χ1n) is 6.40. The second kappa shape index (κ2) is 8.06. The Labute approximate surface area is 120 Å². The van der Waals surface area contributed by atoms with E-state index in [0.29, 0.717) is 24.1 Å². The maximum absolute atomic E-state index is 12.0. The van der Waals surface area contributed by atoms with Gasteiger partial charge < -0.3 is 14.7 Å². The molecule has 20 heavy (non-hydrogen) atoms. The van der Waals surface area contributed by atoms with E-state index in [1.165, 1.54) is 0 Å². The highest BCUT2D eigenvalue weighted by Gasteiger charge is 2.07. The fraction of sp³-hybridized carbons (Fsp3) is 0.462. The van der Waals surface area contributed by atoms with Gasteiger partial charge in [-0.25, -0.2) is 4.98 Å². The molecular formula is C13H17F2N3OS. The Morgan fingerprint density at radius 2 is 2.20 bits per heavy atom. The summed E-state index contributed by atoms with van der Waals surface area (Å²) in [6.07, 6.45) is 5.42. The topological polar surface area (TPSA) is 53.9 Å². The van der Waals surface area contributed by atoms with Crippen LogP contribution in [0.15, 0.2) is 28.9 Å². The van der Waals surface area contributed by atoms with E-state index in [9.17, 15) is 8.78 Å². The lowest BCUT2D eigenvalue weighted by Gasteiger charge is -2.02. The van der Waals surface area contributed by atoms with Crippen LogP contribution in [0.5, 0.6) is 0 Å². The molecule has 0 radical (unpaired) electrons. The van der Waals surface area contributed by atoms with Gasteiger partial charge in [0, 0.05) is 18.8 Å². The predicted octanol–water partition coefficient (Wildman–Crippen LogP) is 3.18. The van der Waals surface area contributed by atoms with Gasteiger partial charge in [-0.3, -0.25) is 0 Å². The highest BCUT2D eigenvalue weighted by molar-refractivity contribution is 7.98. The molecule has 2 heterocycles. The fourth-order valence-electron chi connectivity index (χ4n) is 1.77. The summed E-state index contributed by atoms with van der Waals surface area (Å²) in [5, 5.41) is 3.25. The van der Waals surface area contributed by atoms with E-state index in [1.54, 1.807) is 12.3 Å². The Hall–Kier alpha value is -1.34. The van der Waals surface area contributed by atoms with Crippen LogP contribution in [0.2, 0.25) is 0 Å². The van der Waals surface area contributed by atoms with Gasteiger partial charge in [0.25, 0.3) is 5.76 Å². The van der Waals surface area contributed by atoms with Crippen molar-refractivity contribution in [2.75, 3.05) is 6.54 Å². The Kier molecular flexibility index (Phi) is 6.07. The van der Waals surface area contributed by atoms with E-state index in [1.807, 2.05) is 12.3 Å². The maximum Gasteiger partial charge on any atom is 0.284 e. The minimum absolute atomic E-state index is 0.205. The van der Waals surface area contributed by atoms with Gasteiger partial charge in [0.05, 0.1) is 12.3 Å². The summed E-state index contributed by atoms with van der Waals surface area (Å²) in [7, 11) is 0. The molecule has 0 amide bonds. The van der Waals surface area contributed by atoms with E-state index < -0.39 is 5.76 Å². The summed E-state index contributed by atoms with van der Waals surface area (Å²) in [6, 6.07) is 3.57. The molecule has 2 aromatic rings. The summed E-state index contributed by atoms with van der Waals surface area (Å²) >= 11 is 0.570. The van der Waals surface area contributed by atoms with Crippen molar-refractivity contribution >= 4 is 11.8 Å². The largest absolute Gasteiger partial charge is 0.464 e. The second-order valence-corrected chi connectivity index (χ2v) is 5.23. The number of nitrogens with zero attached hydrogens (tertiary/aromatic N) is 1. The zero-order valence-corrected chi connectivity index (χ0v) is 11.8. The number of furan rings is 1. The Balaban J connectivity index is 1.59. The van der Waals surface area contributed by atoms with Gasteiger partial charge in [-0.05, 0) is 25.1 Å². The van der Waals surface area contributed by atoms with Crippen LogP contribution in [0, 0.1) is 0 Å². The molecule has 0 fully saturated rings. The Bertz CT molecular complexity index is 488. The first-order valence-corrected chi connectivity index (χ1v) is 7.45. The van der Waals surface area contributed by atoms with Crippen molar-refractivity contribution in [3.05, 3.63) is 41.9 Å². The molecule has 110 valence electrons. The van der Waals surface area contributed by atoms with Crippen LogP contribution in [-0.2, 0) is 18.7 Å². The average molecular weight is 301 g/mol. The monoisotopic (exact) mass is 301 g/mol. The first kappa shape index (κ1) is 15.1. The molecule has 0 spiro atoms. The molecule has 7 heteroatoms. The number of halogens is 2. The van der Waals surface area contributed by atoms with E-state index in [-0.39, 0.29) is 5.75 Å². The van der Waals surface area contributed by atoms with E-state index in [0.717, 1.165) is 31.0 Å². The molecule has 2 rings (SSSR count). The third kappa shape index (κ3) is 5.34. The maximum atomic E-state index is 12.0. The molecular weight excluding hydrogens is 284 g/mol. The van der Waals surface area contributed by atoms with Crippen molar-refractivity contribution in [2.24, 2.45) is 0 Å². The molecule has 0 atom stereocenters. The third-order valence-corrected chi connectivity index (χ3v) is 3.39. The number of aromatic nitrogens is 2. The molecule has 0 aliphatic rings. The van der Waals surface area contributed by atoms with Gasteiger partial charge in [-0.15, -0.1) is 0 Å². The van der Waals surface area contributed by atoms with Crippen LogP contribution in [-0.4, -0.2) is 22.3 Å². The van der Waals surface area contributed by atoms with Gasteiger partial charge in [0.1, 0.15) is 17.3 Å². The zero-order chi connectivity index (χ0) is 14.2. The summed E-state index contributed by atoms with van der Waals surface area (Å²) in [5.41, 5.74) is 0. The molecule has 0 saturated heterocycles. The fourth-order valence-corrected chi connectivity index (χ4v) is 2.21. The normalized spacial score (nSPS) is 11.3. The minimum atomic E-state index is -2.36. The summed E-state index contributed by atoms with van der Waals surface area (Å²) in [4.78, 5) is 7.20. The van der Waals surface area contributed by atoms with Crippen molar-refractivity contribution < 1.29 is 13.2 Å². The number of nitrogens with one attached hydrogen (secondary N) is 2. The van der Waals surface area contributed by atoms with Crippen molar-refractivity contribution in [2.45, 2.75) is 30.9 Å². The molecule has 0 saturated carbocycles. The number of H-pyrrole nitrogens is 1. The molecule has 0 bridgehead atoms. The number of hydrogen-bond donors (Lipinski definition) is 2. The summed E-state index contributed by atoms with van der Waals surface area (Å²) < 4.78 is 29.5. The standard InChI is InChI=1S/C13H17F2N3OS/c14-13(15)20-9-11-4-3-10(19-11)8-16-5-1-2-12-17-6-7-18-12/h3-4,6-7,13,16H,1-2,5,8-9H2,(H,17,18). The van der Waals surface area contributed by atoms with Crippen LogP contribution in [0.4, 0.5) is 8.78 Å². The highest BCUT2D eigenvalue weighted by atomic mass is 32.2. The lowest BCUT2D eigenvalue weighted by atomic mass is 10.3. The minimum Gasteiger partial charge on any atom is -0.464 e. The van der Waals surface area contributed by atoms with Crippen LogP contribution in [0.3, 0.4) is 0 Å². The molecule has 0 unspecified atom stereocenters. The number of rotatable bonds is 9. The van der Waals surface area contributed by atoms with Crippen molar-refractivity contribution in [1.82, 2.24) is 15.3 Å². The van der Waals surface area contributed by atoms with Crippen LogP contribution >= 0.6 is 11.8 Å². The van der Waals surface area contributed by atoms with Gasteiger partial charge >= 0.3 is 0 Å². The molecule has 2 N–H and O–H groups in total. The SMILES string of the molecule is FC(F)SCc1ccc(CNCCCc2ncc[nH]2)o1. The number of aryl methyl sites for hydroxylation is 1. The molecule has 0 aliphatic carbocycles. The van der Waals surface area contributed by atoms with Crippen LogP contribution in [0.1, 0.15) is 23.8 Å². The Morgan fingerprint density at radius 3 is 2.95 bits per heavy atom. The van der Waals surface area contributed by atoms with Gasteiger partial charge in [0.15, 0.2) is 0 Å². The first-order chi connectivity index (χ1) is 9.74. The number of alkyl halides is 2. The predicted molar refractivity (Wildman–Crippen MR) is 74.6 cm³/mol. The number of aromatic amines is 1. The van der Waals surface area contributed by atoms with Crippen molar-refractivity contribution in [1.29, 1.82) is 0 Å². The van der Waals surface area contributed by atoms with Crippen LogP contribution in [0.25, 0.3) is 0 Å². The van der Waals surface area contributed by atoms with Crippen LogP contribution < -0.4 is 5.32 Å². The van der Waals surface area contributed by atoms with Gasteiger partial charge in [-0.1, -0.05) is 11.8 Å². The highest BCUT2D eigenvalue weighted by Crippen LogP contribution is 2.21. The quantitative estimate of drug-likeness (QED) is 0.699. The van der Waals surface area contributed by atoms with Crippen molar-refractivity contribution in [3.63, 3.8) is 0 Å². The van der Waals surface area contributed by atoms with Gasteiger partial charge in [0.2, 0.25) is 0 Å². The number of imidazole rings is 1. The summed E-state index contributed by atoms with van der Waals surface area (Å²) in [5.74, 6) is 0.186. The molecule has 2 aromatic heterocycles. The van der Waals surface area contributed by atoms with Gasteiger partial charge in [-0.2, -0.15) is 8.78 Å². The second-order valence-electron chi connectivity index (χ2n) is 4.26. The Morgan fingerprint density at radius 1 is 1.35 bits per heavy atom. The zero-order valence-electron chi connectivity index (χ0n) is 10.9. The summed E-state index contributed by atoms with van der Waals surface area (Å²) in [6.45, 7) is 1.46. The number of thioether (sulfide) groups is 1. The van der Waals surface area contributed by atoms with E-state index in [4.69, 9.17) is 4.42 Å². The van der Waals surface area contributed by atoms with E-state index in [2.05, 4.69) is 15.3 Å². The van der Waals surface area contributed by atoms with E-state index >= 15 is 0 Å². The molecule has 0 aromatic carbocycles. The lowest BCUT2D eigenvalue weighted by Crippen LogP contribution is -2.15.